The van der Waals surface area contributed by atoms with Crippen LogP contribution in [0.1, 0.15) is 27.4 Å². The summed E-state index contributed by atoms with van der Waals surface area (Å²) in [6.07, 6.45) is 0.641. The van der Waals surface area contributed by atoms with Crippen LogP contribution in [0.3, 0.4) is 0 Å². The fraction of sp³-hybridized carbons (Fsp3) is 0.714. The monoisotopic (exact) mass is 485 g/mol. The standard InChI is InChI=1S/C21H31N3O6S2/c1-16-3-4-17(31-16)19(25)23-7-5-18-21(15-23,20(26)22-8-12-30-13-9-22)6-14-32(27,28)24(18)10-11-29-2/h3-4,18H,5-15H2,1-2H3/t18-,21+/m1/s1. The van der Waals surface area contributed by atoms with Crippen molar-refractivity contribution in [2.75, 3.05) is 65.4 Å². The summed E-state index contributed by atoms with van der Waals surface area (Å²) in [5, 5.41) is 0. The predicted molar refractivity (Wildman–Crippen MR) is 120 cm³/mol. The number of aryl methyl sites for hydroxylation is 1. The number of amides is 2. The Morgan fingerprint density at radius 3 is 2.62 bits per heavy atom. The van der Waals surface area contributed by atoms with E-state index in [9.17, 15) is 18.0 Å². The molecule has 3 aliphatic rings. The van der Waals surface area contributed by atoms with Gasteiger partial charge in [0.1, 0.15) is 0 Å². The second kappa shape index (κ2) is 9.38. The van der Waals surface area contributed by atoms with E-state index in [-0.39, 0.29) is 43.7 Å². The maximum atomic E-state index is 13.9. The van der Waals surface area contributed by atoms with Crippen molar-refractivity contribution in [1.29, 1.82) is 0 Å². The lowest BCUT2D eigenvalue weighted by atomic mass is 9.71. The van der Waals surface area contributed by atoms with Crippen LogP contribution in [0.4, 0.5) is 0 Å². The lowest BCUT2D eigenvalue weighted by Crippen LogP contribution is -2.69. The van der Waals surface area contributed by atoms with Gasteiger partial charge >= 0.3 is 0 Å². The molecule has 9 nitrogen and oxygen atoms in total. The van der Waals surface area contributed by atoms with Gasteiger partial charge < -0.3 is 19.3 Å². The number of hydrogen-bond acceptors (Lipinski definition) is 7. The number of hydrogen-bond donors (Lipinski definition) is 0. The molecule has 1 aromatic rings. The van der Waals surface area contributed by atoms with Gasteiger partial charge in [-0.2, -0.15) is 4.31 Å². The Balaban J connectivity index is 1.68. The zero-order chi connectivity index (χ0) is 22.9. The van der Waals surface area contributed by atoms with E-state index in [0.29, 0.717) is 44.1 Å². The highest BCUT2D eigenvalue weighted by Gasteiger charge is 2.58. The lowest BCUT2D eigenvalue weighted by Gasteiger charge is -2.54. The zero-order valence-electron chi connectivity index (χ0n) is 18.6. The van der Waals surface area contributed by atoms with Crippen LogP contribution in [0, 0.1) is 12.3 Å². The SMILES string of the molecule is COCCN1[C@@H]2CCN(C(=O)c3ccc(C)s3)C[C@@]2(C(=O)N2CCOCC2)CCS1(=O)=O. The van der Waals surface area contributed by atoms with Gasteiger partial charge in [0.25, 0.3) is 5.91 Å². The number of methoxy groups -OCH3 is 1. The molecule has 4 heterocycles. The smallest absolute Gasteiger partial charge is 0.263 e. The zero-order valence-corrected chi connectivity index (χ0v) is 20.3. The minimum absolute atomic E-state index is 0.0667. The van der Waals surface area contributed by atoms with Gasteiger partial charge in [-0.25, -0.2) is 8.42 Å². The van der Waals surface area contributed by atoms with Gasteiger partial charge in [-0.15, -0.1) is 11.3 Å². The van der Waals surface area contributed by atoms with E-state index in [1.54, 1.807) is 9.80 Å². The molecule has 0 unspecified atom stereocenters. The summed E-state index contributed by atoms with van der Waals surface area (Å²) >= 11 is 1.44. The first-order valence-electron chi connectivity index (χ1n) is 11.0. The second-order valence-electron chi connectivity index (χ2n) is 8.67. The molecule has 4 rings (SSSR count). The Labute approximate surface area is 193 Å². The molecule has 11 heteroatoms. The average Bonchev–Trinajstić information content (AvgIpc) is 3.24. The van der Waals surface area contributed by atoms with Gasteiger partial charge in [-0.3, -0.25) is 9.59 Å². The van der Waals surface area contributed by atoms with Gasteiger partial charge in [0.15, 0.2) is 0 Å². The summed E-state index contributed by atoms with van der Waals surface area (Å²) in [6.45, 7) is 4.96. The van der Waals surface area contributed by atoms with Gasteiger partial charge in [-0.1, -0.05) is 0 Å². The summed E-state index contributed by atoms with van der Waals surface area (Å²) in [6, 6.07) is 3.25. The van der Waals surface area contributed by atoms with Crippen LogP contribution in [-0.4, -0.2) is 106 Å². The highest BCUT2D eigenvalue weighted by atomic mass is 32.2. The van der Waals surface area contributed by atoms with Crippen molar-refractivity contribution in [3.05, 3.63) is 21.9 Å². The molecule has 0 saturated carbocycles. The van der Waals surface area contributed by atoms with Crippen molar-refractivity contribution < 1.29 is 27.5 Å². The van der Waals surface area contributed by atoms with E-state index in [4.69, 9.17) is 9.47 Å². The van der Waals surface area contributed by atoms with Crippen LogP contribution < -0.4 is 0 Å². The third-order valence-electron chi connectivity index (χ3n) is 6.77. The first-order chi connectivity index (χ1) is 15.3. The van der Waals surface area contributed by atoms with Crippen LogP contribution in [0.15, 0.2) is 12.1 Å². The number of carbonyl (C=O) groups is 2. The van der Waals surface area contributed by atoms with E-state index >= 15 is 0 Å². The van der Waals surface area contributed by atoms with Gasteiger partial charge in [0.05, 0.1) is 35.9 Å². The minimum Gasteiger partial charge on any atom is -0.383 e. The molecule has 3 saturated heterocycles. The Hall–Kier alpha value is -1.53. The molecule has 3 fully saturated rings. The fourth-order valence-electron chi connectivity index (χ4n) is 5.12. The second-order valence-corrected chi connectivity index (χ2v) is 12.0. The molecule has 0 bridgehead atoms. The number of carbonyl (C=O) groups excluding carboxylic acids is 2. The van der Waals surface area contributed by atoms with Gasteiger partial charge in [0.2, 0.25) is 15.9 Å². The van der Waals surface area contributed by atoms with Crippen molar-refractivity contribution in [2.45, 2.75) is 25.8 Å². The number of thiophene rings is 1. The van der Waals surface area contributed by atoms with E-state index in [0.717, 1.165) is 4.88 Å². The molecule has 0 radical (unpaired) electrons. The molecule has 0 aromatic carbocycles. The quantitative estimate of drug-likeness (QED) is 0.612. The van der Waals surface area contributed by atoms with Crippen molar-refractivity contribution in [3.63, 3.8) is 0 Å². The van der Waals surface area contributed by atoms with Crippen LogP contribution in [-0.2, 0) is 24.3 Å². The van der Waals surface area contributed by atoms with Crippen molar-refractivity contribution >= 4 is 33.2 Å². The summed E-state index contributed by atoms with van der Waals surface area (Å²) in [5.74, 6) is -0.265. The fourth-order valence-corrected chi connectivity index (χ4v) is 7.86. The first kappa shape index (κ1) is 23.6. The third-order valence-corrected chi connectivity index (χ3v) is 9.63. The molecule has 2 atom stereocenters. The maximum Gasteiger partial charge on any atom is 0.263 e. The normalized spacial score (nSPS) is 28.4. The number of likely N-dealkylation sites (tertiary alicyclic amines) is 1. The lowest BCUT2D eigenvalue weighted by molar-refractivity contribution is -0.154. The van der Waals surface area contributed by atoms with Crippen LogP contribution >= 0.6 is 11.3 Å². The van der Waals surface area contributed by atoms with E-state index in [2.05, 4.69) is 0 Å². The molecule has 0 spiro atoms. The highest BCUT2D eigenvalue weighted by molar-refractivity contribution is 7.89. The molecule has 0 N–H and O–H groups in total. The number of nitrogens with zero attached hydrogens (tertiary/aromatic N) is 3. The molecule has 178 valence electrons. The average molecular weight is 486 g/mol. The number of morpholine rings is 1. The molecular formula is C21H31N3O6S2. The van der Waals surface area contributed by atoms with Crippen molar-refractivity contribution in [3.8, 4) is 0 Å². The van der Waals surface area contributed by atoms with E-state index in [1.165, 1.54) is 22.8 Å². The Bertz CT molecular complexity index is 958. The first-order valence-corrected chi connectivity index (χ1v) is 13.4. The van der Waals surface area contributed by atoms with Gasteiger partial charge in [-0.05, 0) is 31.9 Å². The molecule has 1 aromatic heterocycles. The Morgan fingerprint density at radius 1 is 1.22 bits per heavy atom. The number of ether oxygens (including phenoxy) is 2. The number of piperidine rings is 1. The maximum absolute atomic E-state index is 13.9. The predicted octanol–water partition coefficient (Wildman–Crippen LogP) is 0.798. The third kappa shape index (κ3) is 4.33. The van der Waals surface area contributed by atoms with E-state index in [1.807, 2.05) is 19.1 Å². The Kier molecular flexibility index (Phi) is 6.92. The van der Waals surface area contributed by atoms with Gasteiger partial charge in [0, 0.05) is 50.8 Å². The summed E-state index contributed by atoms with van der Waals surface area (Å²) < 4.78 is 38.0. The number of rotatable bonds is 5. The summed E-state index contributed by atoms with van der Waals surface area (Å²) in [7, 11) is -1.96. The van der Waals surface area contributed by atoms with Crippen LogP contribution in [0.5, 0.6) is 0 Å². The van der Waals surface area contributed by atoms with E-state index < -0.39 is 21.5 Å². The number of fused-ring (bicyclic) bond motifs is 1. The highest BCUT2D eigenvalue weighted by Crippen LogP contribution is 2.44. The van der Waals surface area contributed by atoms with Crippen molar-refractivity contribution in [2.24, 2.45) is 5.41 Å². The Morgan fingerprint density at radius 2 is 1.97 bits per heavy atom. The molecule has 3 aliphatic heterocycles. The topological polar surface area (TPSA) is 96.5 Å². The van der Waals surface area contributed by atoms with Crippen molar-refractivity contribution in [1.82, 2.24) is 14.1 Å². The molecular weight excluding hydrogens is 454 g/mol. The largest absolute Gasteiger partial charge is 0.383 e. The summed E-state index contributed by atoms with van der Waals surface area (Å²) in [4.78, 5) is 32.4. The molecule has 2 amide bonds. The molecule has 0 aliphatic carbocycles. The minimum atomic E-state index is -3.50. The van der Waals surface area contributed by atoms with Crippen LogP contribution in [0.25, 0.3) is 0 Å². The number of sulfonamides is 1. The molecule has 32 heavy (non-hydrogen) atoms. The van der Waals surface area contributed by atoms with Crippen LogP contribution in [0.2, 0.25) is 0 Å². The summed E-state index contributed by atoms with van der Waals surface area (Å²) in [5.41, 5.74) is -0.962.